The van der Waals surface area contributed by atoms with E-state index in [0.717, 1.165) is 36.6 Å². The van der Waals surface area contributed by atoms with E-state index in [9.17, 15) is 0 Å². The normalized spacial score (nSPS) is 19.1. The minimum Gasteiger partial charge on any atom is -0.327 e. The molecule has 1 aliphatic heterocycles. The van der Waals surface area contributed by atoms with E-state index in [1.54, 1.807) is 6.20 Å². The van der Waals surface area contributed by atoms with Crippen molar-refractivity contribution in [3.05, 3.63) is 35.2 Å². The summed E-state index contributed by atoms with van der Waals surface area (Å²) in [7, 11) is 0. The van der Waals surface area contributed by atoms with Crippen molar-refractivity contribution in [3.63, 3.8) is 0 Å². The zero-order valence-corrected chi connectivity index (χ0v) is 10.1. The molecule has 0 saturated carbocycles. The van der Waals surface area contributed by atoms with Gasteiger partial charge in [0, 0.05) is 25.2 Å². The molecular formula is C12H13ClN4. The first-order chi connectivity index (χ1) is 8.25. The fourth-order valence-corrected chi connectivity index (χ4v) is 2.49. The van der Waals surface area contributed by atoms with Gasteiger partial charge in [-0.15, -0.1) is 0 Å². The molecule has 3 heterocycles. The highest BCUT2D eigenvalue weighted by molar-refractivity contribution is 6.30. The second-order valence-corrected chi connectivity index (χ2v) is 4.65. The molecule has 0 bridgehead atoms. The van der Waals surface area contributed by atoms with Crippen molar-refractivity contribution in [1.29, 1.82) is 0 Å². The lowest BCUT2D eigenvalue weighted by molar-refractivity contribution is 0.474. The number of pyridine rings is 1. The van der Waals surface area contributed by atoms with Gasteiger partial charge in [-0.1, -0.05) is 17.7 Å². The smallest absolute Gasteiger partial charge is 0.160 e. The Kier molecular flexibility index (Phi) is 2.61. The predicted molar refractivity (Wildman–Crippen MR) is 66.8 cm³/mol. The first kappa shape index (κ1) is 10.7. The van der Waals surface area contributed by atoms with Crippen LogP contribution in [0.2, 0.25) is 5.15 Å². The number of aromatic nitrogens is 3. The molecule has 3 rings (SSSR count). The van der Waals surface area contributed by atoms with Crippen LogP contribution in [-0.2, 0) is 13.0 Å². The van der Waals surface area contributed by atoms with Crippen molar-refractivity contribution in [2.75, 3.05) is 0 Å². The molecule has 2 aromatic heterocycles. The highest BCUT2D eigenvalue weighted by atomic mass is 35.5. The summed E-state index contributed by atoms with van der Waals surface area (Å²) in [5.74, 6) is 0.845. The Morgan fingerprint density at radius 2 is 2.29 bits per heavy atom. The van der Waals surface area contributed by atoms with Crippen LogP contribution in [0.15, 0.2) is 24.4 Å². The second-order valence-electron chi connectivity index (χ2n) is 4.29. The number of hydrogen-bond donors (Lipinski definition) is 1. The summed E-state index contributed by atoms with van der Waals surface area (Å²) in [6.07, 6.45) is 3.51. The van der Waals surface area contributed by atoms with Gasteiger partial charge in [0.1, 0.15) is 5.69 Å². The van der Waals surface area contributed by atoms with Crippen LogP contribution in [0, 0.1) is 0 Å². The molecule has 4 nitrogen and oxygen atoms in total. The maximum Gasteiger partial charge on any atom is 0.160 e. The third-order valence-electron chi connectivity index (χ3n) is 3.10. The monoisotopic (exact) mass is 248 g/mol. The summed E-state index contributed by atoms with van der Waals surface area (Å²) in [5, 5.41) is 0.556. The fourth-order valence-electron chi connectivity index (χ4n) is 2.23. The molecular weight excluding hydrogens is 236 g/mol. The molecule has 0 amide bonds. The Morgan fingerprint density at radius 3 is 3.06 bits per heavy atom. The molecule has 0 fully saturated rings. The van der Waals surface area contributed by atoms with Gasteiger partial charge in [-0.3, -0.25) is 4.98 Å². The van der Waals surface area contributed by atoms with Crippen LogP contribution >= 0.6 is 11.6 Å². The molecule has 0 spiro atoms. The third kappa shape index (κ3) is 1.83. The molecule has 1 unspecified atom stereocenters. The number of imidazole rings is 1. The molecule has 2 N–H and O–H groups in total. The Labute approximate surface area is 104 Å². The topological polar surface area (TPSA) is 56.7 Å². The lowest BCUT2D eigenvalue weighted by Crippen LogP contribution is -2.30. The molecule has 2 aromatic rings. The average Bonchev–Trinajstić information content (AvgIpc) is 2.68. The predicted octanol–water partition coefficient (Wildman–Crippen LogP) is 1.87. The summed E-state index contributed by atoms with van der Waals surface area (Å²) in [4.78, 5) is 8.72. The minimum atomic E-state index is 0.188. The van der Waals surface area contributed by atoms with E-state index in [2.05, 4.69) is 14.5 Å². The largest absolute Gasteiger partial charge is 0.327 e. The van der Waals surface area contributed by atoms with Crippen LogP contribution < -0.4 is 5.73 Å². The van der Waals surface area contributed by atoms with E-state index in [-0.39, 0.29) is 6.04 Å². The molecule has 0 aliphatic carbocycles. The molecule has 0 aromatic carbocycles. The van der Waals surface area contributed by atoms with E-state index in [4.69, 9.17) is 17.3 Å². The number of nitrogens with zero attached hydrogens (tertiary/aromatic N) is 3. The summed E-state index contributed by atoms with van der Waals surface area (Å²) in [5.41, 5.74) is 7.84. The summed E-state index contributed by atoms with van der Waals surface area (Å²) >= 11 is 6.16. The first-order valence-corrected chi connectivity index (χ1v) is 6.05. The second kappa shape index (κ2) is 4.13. The maximum atomic E-state index is 6.16. The van der Waals surface area contributed by atoms with Gasteiger partial charge in [0.25, 0.3) is 0 Å². The van der Waals surface area contributed by atoms with Crippen molar-refractivity contribution < 1.29 is 0 Å². The van der Waals surface area contributed by atoms with Gasteiger partial charge in [0.15, 0.2) is 11.0 Å². The van der Waals surface area contributed by atoms with Gasteiger partial charge in [0.05, 0.1) is 5.69 Å². The SMILES string of the molecule is NC1CCn2c(-c3ccccn3)nc(Cl)c2C1. The molecule has 0 radical (unpaired) electrons. The number of halogens is 1. The Hall–Kier alpha value is -1.39. The lowest BCUT2D eigenvalue weighted by atomic mass is 10.1. The number of fused-ring (bicyclic) bond motifs is 1. The Balaban J connectivity index is 2.11. The number of hydrogen-bond acceptors (Lipinski definition) is 3. The molecule has 5 heteroatoms. The number of rotatable bonds is 1. The first-order valence-electron chi connectivity index (χ1n) is 5.67. The molecule has 0 saturated heterocycles. The van der Waals surface area contributed by atoms with Crippen LogP contribution in [0.3, 0.4) is 0 Å². The highest BCUT2D eigenvalue weighted by Crippen LogP contribution is 2.28. The van der Waals surface area contributed by atoms with Crippen LogP contribution in [0.5, 0.6) is 0 Å². The van der Waals surface area contributed by atoms with Crippen molar-refractivity contribution in [2.45, 2.75) is 25.4 Å². The van der Waals surface area contributed by atoms with Crippen molar-refractivity contribution in [2.24, 2.45) is 5.73 Å². The zero-order chi connectivity index (χ0) is 11.8. The van der Waals surface area contributed by atoms with Gasteiger partial charge >= 0.3 is 0 Å². The van der Waals surface area contributed by atoms with Crippen molar-refractivity contribution in [3.8, 4) is 11.5 Å². The van der Waals surface area contributed by atoms with Crippen LogP contribution in [0.4, 0.5) is 0 Å². The summed E-state index contributed by atoms with van der Waals surface area (Å²) < 4.78 is 2.13. The van der Waals surface area contributed by atoms with E-state index < -0.39 is 0 Å². The van der Waals surface area contributed by atoms with Crippen LogP contribution in [0.25, 0.3) is 11.5 Å². The summed E-state index contributed by atoms with van der Waals surface area (Å²) in [6.45, 7) is 0.863. The third-order valence-corrected chi connectivity index (χ3v) is 3.40. The highest BCUT2D eigenvalue weighted by Gasteiger charge is 2.23. The molecule has 17 heavy (non-hydrogen) atoms. The molecule has 1 atom stereocenters. The van der Waals surface area contributed by atoms with E-state index in [0.29, 0.717) is 5.15 Å². The average molecular weight is 249 g/mol. The van der Waals surface area contributed by atoms with E-state index >= 15 is 0 Å². The lowest BCUT2D eigenvalue weighted by Gasteiger charge is -2.21. The number of nitrogens with two attached hydrogens (primary N) is 1. The van der Waals surface area contributed by atoms with E-state index in [1.807, 2.05) is 18.2 Å². The summed E-state index contributed by atoms with van der Waals surface area (Å²) in [6, 6.07) is 5.97. The van der Waals surface area contributed by atoms with Gasteiger partial charge in [-0.2, -0.15) is 0 Å². The standard InChI is InChI=1S/C12H13ClN4/c13-11-10-7-8(14)4-6-17(10)12(16-11)9-3-1-2-5-15-9/h1-3,5,8H,4,6-7,14H2. The van der Waals surface area contributed by atoms with Gasteiger partial charge in [0.2, 0.25) is 0 Å². The van der Waals surface area contributed by atoms with Gasteiger partial charge in [-0.25, -0.2) is 4.98 Å². The van der Waals surface area contributed by atoms with Gasteiger partial charge in [-0.05, 0) is 18.6 Å². The molecule has 1 aliphatic rings. The Morgan fingerprint density at radius 1 is 1.41 bits per heavy atom. The van der Waals surface area contributed by atoms with Crippen LogP contribution in [-0.4, -0.2) is 20.6 Å². The fraction of sp³-hybridized carbons (Fsp3) is 0.333. The van der Waals surface area contributed by atoms with E-state index in [1.165, 1.54) is 0 Å². The Bertz CT molecular complexity index is 535. The quantitative estimate of drug-likeness (QED) is 0.838. The van der Waals surface area contributed by atoms with Crippen molar-refractivity contribution in [1.82, 2.24) is 14.5 Å². The van der Waals surface area contributed by atoms with Gasteiger partial charge < -0.3 is 10.3 Å². The minimum absolute atomic E-state index is 0.188. The molecule has 88 valence electrons. The van der Waals surface area contributed by atoms with Crippen LogP contribution in [0.1, 0.15) is 12.1 Å². The van der Waals surface area contributed by atoms with Crippen molar-refractivity contribution >= 4 is 11.6 Å². The maximum absolute atomic E-state index is 6.16. The zero-order valence-electron chi connectivity index (χ0n) is 9.31.